The molecule has 0 atom stereocenters. The highest BCUT2D eigenvalue weighted by molar-refractivity contribution is 7.90. The van der Waals surface area contributed by atoms with Crippen molar-refractivity contribution in [1.82, 2.24) is 0 Å². The zero-order valence-corrected chi connectivity index (χ0v) is 15.5. The largest absolute Gasteiger partial charge is 0.444 e. The second kappa shape index (κ2) is 6.89. The van der Waals surface area contributed by atoms with E-state index in [1.165, 1.54) is 18.2 Å². The van der Waals surface area contributed by atoms with Crippen molar-refractivity contribution >= 4 is 27.4 Å². The van der Waals surface area contributed by atoms with Crippen molar-refractivity contribution in [2.45, 2.75) is 44.1 Å². The number of benzene rings is 1. The van der Waals surface area contributed by atoms with Crippen LogP contribution in [0.4, 0.5) is 10.5 Å². The molecule has 0 spiro atoms. The van der Waals surface area contributed by atoms with Crippen LogP contribution in [0.25, 0.3) is 0 Å². The van der Waals surface area contributed by atoms with Crippen molar-refractivity contribution < 1.29 is 22.7 Å². The standard InChI is InChI=1S/C18H21NO5S/c1-18(2,3)24-17(21)19-14-9-13(10-15(11-14)25(4,22)23)16(20)8-7-12-5-6-12/h9-12H,5-6H2,1-4H3,(H,19,21). The first-order valence-corrected chi connectivity index (χ1v) is 9.74. The van der Waals surface area contributed by atoms with Crippen molar-refractivity contribution in [3.05, 3.63) is 23.8 Å². The van der Waals surface area contributed by atoms with E-state index in [2.05, 4.69) is 17.2 Å². The molecule has 134 valence electrons. The average molecular weight is 363 g/mol. The predicted molar refractivity (Wildman–Crippen MR) is 94.2 cm³/mol. The van der Waals surface area contributed by atoms with Crippen LogP contribution in [0, 0.1) is 17.8 Å². The molecule has 0 heterocycles. The van der Waals surface area contributed by atoms with E-state index in [1.807, 2.05) is 0 Å². The molecule has 2 rings (SSSR count). The van der Waals surface area contributed by atoms with Gasteiger partial charge in [0.25, 0.3) is 0 Å². The van der Waals surface area contributed by atoms with Gasteiger partial charge in [-0.3, -0.25) is 10.1 Å². The van der Waals surface area contributed by atoms with Gasteiger partial charge in [-0.2, -0.15) is 0 Å². The Morgan fingerprint density at radius 1 is 1.20 bits per heavy atom. The van der Waals surface area contributed by atoms with Crippen LogP contribution in [-0.2, 0) is 14.6 Å². The summed E-state index contributed by atoms with van der Waals surface area (Å²) in [6, 6.07) is 3.94. The first kappa shape index (κ1) is 19.0. The minimum Gasteiger partial charge on any atom is -0.444 e. The molecule has 1 aliphatic rings. The molecule has 0 saturated heterocycles. The number of carbonyl (C=O) groups is 2. The lowest BCUT2D eigenvalue weighted by atomic mass is 10.1. The van der Waals surface area contributed by atoms with Crippen LogP contribution in [-0.4, -0.2) is 32.2 Å². The number of ketones is 1. The van der Waals surface area contributed by atoms with Gasteiger partial charge in [-0.05, 0) is 57.7 Å². The van der Waals surface area contributed by atoms with Crippen LogP contribution in [0.1, 0.15) is 44.0 Å². The van der Waals surface area contributed by atoms with E-state index in [1.54, 1.807) is 20.8 Å². The highest BCUT2D eigenvalue weighted by Crippen LogP contribution is 2.27. The van der Waals surface area contributed by atoms with Crippen molar-refractivity contribution in [2.75, 3.05) is 11.6 Å². The summed E-state index contributed by atoms with van der Waals surface area (Å²) in [6.07, 6.45) is 2.26. The highest BCUT2D eigenvalue weighted by Gasteiger charge is 2.20. The van der Waals surface area contributed by atoms with Gasteiger partial charge in [-0.25, -0.2) is 13.2 Å². The van der Waals surface area contributed by atoms with Crippen LogP contribution in [0.5, 0.6) is 0 Å². The van der Waals surface area contributed by atoms with Crippen molar-refractivity contribution in [2.24, 2.45) is 5.92 Å². The molecule has 0 aromatic heterocycles. The van der Waals surface area contributed by atoms with Crippen molar-refractivity contribution in [3.63, 3.8) is 0 Å². The van der Waals surface area contributed by atoms with Gasteiger partial charge in [-0.15, -0.1) is 0 Å². The summed E-state index contributed by atoms with van der Waals surface area (Å²) in [7, 11) is -3.56. The molecule has 6 nitrogen and oxygen atoms in total. The number of hydrogen-bond acceptors (Lipinski definition) is 5. The first-order valence-electron chi connectivity index (χ1n) is 7.85. The smallest absolute Gasteiger partial charge is 0.412 e. The van der Waals surface area contributed by atoms with Crippen LogP contribution >= 0.6 is 0 Å². The summed E-state index contributed by atoms with van der Waals surface area (Å²) < 4.78 is 28.9. The van der Waals surface area contributed by atoms with Gasteiger partial charge in [0.15, 0.2) is 9.84 Å². The molecule has 0 bridgehead atoms. The summed E-state index contributed by atoms with van der Waals surface area (Å²) >= 11 is 0. The minimum absolute atomic E-state index is 0.0716. The number of anilines is 1. The van der Waals surface area contributed by atoms with Gasteiger partial charge in [0.05, 0.1) is 4.90 Å². The molecular formula is C18H21NO5S. The van der Waals surface area contributed by atoms with Crippen LogP contribution in [0.15, 0.2) is 23.1 Å². The molecule has 0 unspecified atom stereocenters. The topological polar surface area (TPSA) is 89.5 Å². The summed E-state index contributed by atoms with van der Waals surface area (Å²) in [5.74, 6) is 5.14. The van der Waals surface area contributed by atoms with Crippen LogP contribution < -0.4 is 5.32 Å². The van der Waals surface area contributed by atoms with E-state index in [-0.39, 0.29) is 22.1 Å². The summed E-state index contributed by atoms with van der Waals surface area (Å²) in [6.45, 7) is 5.13. The van der Waals surface area contributed by atoms with Gasteiger partial charge in [0.2, 0.25) is 5.78 Å². The number of nitrogens with one attached hydrogen (secondary N) is 1. The molecule has 0 radical (unpaired) electrons. The number of rotatable bonds is 3. The molecule has 1 saturated carbocycles. The molecule has 0 aliphatic heterocycles. The Kier molecular flexibility index (Phi) is 5.23. The lowest BCUT2D eigenvalue weighted by Gasteiger charge is -2.20. The maximum atomic E-state index is 12.2. The average Bonchev–Trinajstić information content (AvgIpc) is 3.25. The molecule has 1 aliphatic carbocycles. The molecule has 1 amide bonds. The fourth-order valence-electron chi connectivity index (χ4n) is 1.91. The summed E-state index contributed by atoms with van der Waals surface area (Å²) in [5.41, 5.74) is -0.428. The third-order valence-electron chi connectivity index (χ3n) is 3.21. The molecule has 1 aromatic rings. The fourth-order valence-corrected chi connectivity index (χ4v) is 2.59. The SMILES string of the molecule is CC(C)(C)OC(=O)Nc1cc(C(=O)C#CC2CC2)cc(S(C)(=O)=O)c1. The lowest BCUT2D eigenvalue weighted by molar-refractivity contribution is 0.0635. The van der Waals surface area contributed by atoms with Crippen LogP contribution in [0.2, 0.25) is 0 Å². The van der Waals surface area contributed by atoms with Crippen molar-refractivity contribution in [1.29, 1.82) is 0 Å². The third-order valence-corrected chi connectivity index (χ3v) is 4.30. The number of hydrogen-bond donors (Lipinski definition) is 1. The Bertz CT molecular complexity index is 865. The quantitative estimate of drug-likeness (QED) is 0.506. The summed E-state index contributed by atoms with van der Waals surface area (Å²) in [5, 5.41) is 2.46. The number of ether oxygens (including phenoxy) is 1. The number of amides is 1. The molecule has 1 aromatic carbocycles. The molecule has 1 fully saturated rings. The third kappa shape index (κ3) is 6.24. The van der Waals surface area contributed by atoms with E-state index in [0.29, 0.717) is 0 Å². The highest BCUT2D eigenvalue weighted by atomic mass is 32.2. The van der Waals surface area contributed by atoms with Crippen LogP contribution in [0.3, 0.4) is 0 Å². The second-order valence-corrected chi connectivity index (χ2v) is 9.03. The van der Waals surface area contributed by atoms with E-state index >= 15 is 0 Å². The van der Waals surface area contributed by atoms with E-state index in [4.69, 9.17) is 4.74 Å². The van der Waals surface area contributed by atoms with Gasteiger partial charge >= 0.3 is 6.09 Å². The minimum atomic E-state index is -3.56. The summed E-state index contributed by atoms with van der Waals surface area (Å²) in [4.78, 5) is 24.0. The number of sulfone groups is 1. The Balaban J connectivity index is 2.32. The zero-order chi connectivity index (χ0) is 18.8. The lowest BCUT2D eigenvalue weighted by Crippen LogP contribution is -2.27. The van der Waals surface area contributed by atoms with E-state index < -0.39 is 27.3 Å². The Morgan fingerprint density at radius 3 is 2.36 bits per heavy atom. The molecular weight excluding hydrogens is 342 g/mol. The maximum absolute atomic E-state index is 12.2. The first-order chi connectivity index (χ1) is 11.4. The molecule has 7 heteroatoms. The zero-order valence-electron chi connectivity index (χ0n) is 14.7. The predicted octanol–water partition coefficient (Wildman–Crippen LogP) is 3.03. The van der Waals surface area contributed by atoms with Gasteiger partial charge in [0.1, 0.15) is 5.60 Å². The Hall–Kier alpha value is -2.33. The number of Topliss-reactive ketones (excluding diaryl/α,β-unsaturated/α-hetero) is 1. The van der Waals surface area contributed by atoms with Crippen molar-refractivity contribution in [3.8, 4) is 11.8 Å². The molecule has 1 N–H and O–H groups in total. The van der Waals surface area contributed by atoms with Gasteiger partial charge in [-0.1, -0.05) is 5.92 Å². The maximum Gasteiger partial charge on any atom is 0.412 e. The monoisotopic (exact) mass is 363 g/mol. The Labute approximate surface area is 147 Å². The fraction of sp³-hybridized carbons (Fsp3) is 0.444. The van der Waals surface area contributed by atoms with E-state index in [0.717, 1.165) is 19.1 Å². The Morgan fingerprint density at radius 2 is 1.84 bits per heavy atom. The van der Waals surface area contributed by atoms with E-state index in [9.17, 15) is 18.0 Å². The normalized spacial score (nSPS) is 14.2. The second-order valence-electron chi connectivity index (χ2n) is 7.02. The van der Waals surface area contributed by atoms with Gasteiger partial charge < -0.3 is 4.74 Å². The molecule has 25 heavy (non-hydrogen) atoms. The number of carbonyl (C=O) groups excluding carboxylic acids is 2. The van der Waals surface area contributed by atoms with Gasteiger partial charge in [0, 0.05) is 23.4 Å².